The van der Waals surface area contributed by atoms with Crippen molar-refractivity contribution in [1.82, 2.24) is 20.3 Å². The highest BCUT2D eigenvalue weighted by molar-refractivity contribution is 5.94. The lowest BCUT2D eigenvalue weighted by atomic mass is 9.89. The van der Waals surface area contributed by atoms with Gasteiger partial charge in [-0.05, 0) is 62.0 Å². The second-order valence-corrected chi connectivity index (χ2v) is 11.4. The Morgan fingerprint density at radius 3 is 2.23 bits per heavy atom. The molecule has 1 heterocycles. The fourth-order valence-corrected chi connectivity index (χ4v) is 6.30. The van der Waals surface area contributed by atoms with E-state index in [1.165, 1.54) is 57.8 Å². The predicted molar refractivity (Wildman–Crippen MR) is 157 cm³/mol. The van der Waals surface area contributed by atoms with Crippen LogP contribution in [0.1, 0.15) is 68.1 Å². The number of rotatable bonds is 16. The number of carbonyl (C=O) groups excluding carboxylic acids is 1. The zero-order chi connectivity index (χ0) is 27.4. The van der Waals surface area contributed by atoms with Crippen LogP contribution in [0.3, 0.4) is 0 Å². The number of carbonyl (C=O) groups is 1. The quantitative estimate of drug-likeness (QED) is 0.226. The van der Waals surface area contributed by atoms with Crippen molar-refractivity contribution >= 4 is 23.8 Å². The summed E-state index contributed by atoms with van der Waals surface area (Å²) in [7, 11) is 0. The first-order valence-electron chi connectivity index (χ1n) is 15.2. The van der Waals surface area contributed by atoms with Crippen LogP contribution in [-0.2, 0) is 9.47 Å². The standard InChI is InChI=1S/C30H45N7O3/c38-27(24-9-5-2-6-10-24)31-13-15-39-17-18-40-16-14-32-28-35-29(33-21-22-7-3-1-4-8-22)37-30(36-28)34-26-20-23-11-12-25(26)19-23/h2,5-6,9-10,22-23,25-26H,1,3-4,7-8,11-21H2,(H,31,38)(H3,32,33,34,35,36,37). The van der Waals surface area contributed by atoms with Gasteiger partial charge in [0.05, 0.1) is 26.4 Å². The van der Waals surface area contributed by atoms with Crippen LogP contribution in [0.25, 0.3) is 0 Å². The number of aromatic nitrogens is 3. The number of nitrogens with zero attached hydrogens (tertiary/aromatic N) is 3. The molecule has 3 fully saturated rings. The SMILES string of the molecule is O=C(NCCOCCOCCNc1nc(NCC2CCCCC2)nc(NC2CC3CCC2C3)n1)c1ccccc1. The zero-order valence-electron chi connectivity index (χ0n) is 23.6. The summed E-state index contributed by atoms with van der Waals surface area (Å²) in [5.41, 5.74) is 0.650. The molecular formula is C30H45N7O3. The fraction of sp³-hybridized carbons (Fsp3) is 0.667. The Bertz CT molecular complexity index is 1050. The first-order valence-corrected chi connectivity index (χ1v) is 15.2. The summed E-state index contributed by atoms with van der Waals surface area (Å²) in [6, 6.07) is 9.64. The first kappa shape index (κ1) is 28.5. The number of nitrogens with one attached hydrogen (secondary N) is 4. The van der Waals surface area contributed by atoms with Gasteiger partial charge in [-0.1, -0.05) is 43.9 Å². The largest absolute Gasteiger partial charge is 0.377 e. The lowest BCUT2D eigenvalue weighted by Crippen LogP contribution is -2.28. The molecule has 2 aromatic rings. The molecule has 0 saturated heterocycles. The summed E-state index contributed by atoms with van der Waals surface area (Å²) in [6.45, 7) is 3.88. The highest BCUT2D eigenvalue weighted by Gasteiger charge is 2.39. The molecule has 40 heavy (non-hydrogen) atoms. The Labute approximate surface area is 237 Å². The van der Waals surface area contributed by atoms with Crippen molar-refractivity contribution in [2.75, 3.05) is 62.0 Å². The lowest BCUT2D eigenvalue weighted by molar-refractivity contribution is 0.0519. The van der Waals surface area contributed by atoms with Crippen LogP contribution in [0.2, 0.25) is 0 Å². The second kappa shape index (κ2) is 15.1. The molecule has 5 rings (SSSR count). The van der Waals surface area contributed by atoms with Gasteiger partial charge < -0.3 is 30.7 Å². The normalized spacial score (nSPS) is 22.2. The number of hydrogen-bond acceptors (Lipinski definition) is 9. The van der Waals surface area contributed by atoms with Gasteiger partial charge >= 0.3 is 0 Å². The highest BCUT2D eigenvalue weighted by atomic mass is 16.5. The Hall–Kier alpha value is -2.98. The zero-order valence-corrected chi connectivity index (χ0v) is 23.6. The number of benzene rings is 1. The van der Waals surface area contributed by atoms with Gasteiger partial charge in [-0.2, -0.15) is 15.0 Å². The molecule has 3 aliphatic rings. The molecular weight excluding hydrogens is 506 g/mol. The van der Waals surface area contributed by atoms with Crippen molar-refractivity contribution in [3.63, 3.8) is 0 Å². The molecule has 10 heteroatoms. The van der Waals surface area contributed by atoms with Crippen molar-refractivity contribution in [1.29, 1.82) is 0 Å². The van der Waals surface area contributed by atoms with Gasteiger partial charge in [0.25, 0.3) is 5.91 Å². The van der Waals surface area contributed by atoms with Crippen LogP contribution < -0.4 is 21.3 Å². The van der Waals surface area contributed by atoms with Crippen molar-refractivity contribution < 1.29 is 14.3 Å². The molecule has 0 radical (unpaired) electrons. The molecule has 3 saturated carbocycles. The third-order valence-electron chi connectivity index (χ3n) is 8.43. The van der Waals surface area contributed by atoms with Crippen LogP contribution in [0.5, 0.6) is 0 Å². The smallest absolute Gasteiger partial charge is 0.251 e. The van der Waals surface area contributed by atoms with Crippen LogP contribution in [0, 0.1) is 17.8 Å². The number of ether oxygens (including phenoxy) is 2. The first-order chi connectivity index (χ1) is 19.7. The molecule has 10 nitrogen and oxygen atoms in total. The minimum absolute atomic E-state index is 0.0916. The molecule has 3 aliphatic carbocycles. The van der Waals surface area contributed by atoms with Crippen LogP contribution in [-0.4, -0.2) is 73.0 Å². The Kier molecular flexibility index (Phi) is 10.8. The van der Waals surface area contributed by atoms with E-state index >= 15 is 0 Å². The fourth-order valence-electron chi connectivity index (χ4n) is 6.30. The van der Waals surface area contributed by atoms with Gasteiger partial charge in [0.15, 0.2) is 0 Å². The van der Waals surface area contributed by atoms with Gasteiger partial charge in [-0.3, -0.25) is 4.79 Å². The van der Waals surface area contributed by atoms with E-state index in [2.05, 4.69) is 31.2 Å². The van der Waals surface area contributed by atoms with Gasteiger partial charge in [-0.25, -0.2) is 0 Å². The molecule has 1 aromatic heterocycles. The molecule has 1 amide bonds. The maximum Gasteiger partial charge on any atom is 0.251 e. The van der Waals surface area contributed by atoms with Crippen molar-refractivity contribution in [2.45, 2.75) is 63.8 Å². The topological polar surface area (TPSA) is 122 Å². The third-order valence-corrected chi connectivity index (χ3v) is 8.43. The molecule has 1 aromatic carbocycles. The van der Waals surface area contributed by atoms with Crippen LogP contribution in [0.15, 0.2) is 30.3 Å². The van der Waals surface area contributed by atoms with E-state index in [1.807, 2.05) is 18.2 Å². The average molecular weight is 552 g/mol. The number of fused-ring (bicyclic) bond motifs is 2. The molecule has 218 valence electrons. The Morgan fingerprint density at radius 2 is 1.50 bits per heavy atom. The average Bonchev–Trinajstić information content (AvgIpc) is 3.61. The second-order valence-electron chi connectivity index (χ2n) is 11.4. The van der Waals surface area contributed by atoms with Gasteiger partial charge in [0.2, 0.25) is 17.8 Å². The molecule has 4 N–H and O–H groups in total. The maximum absolute atomic E-state index is 12.0. The van der Waals surface area contributed by atoms with E-state index in [4.69, 9.17) is 14.5 Å². The summed E-state index contributed by atoms with van der Waals surface area (Å²) in [6.07, 6.45) is 11.8. The van der Waals surface area contributed by atoms with Crippen LogP contribution >= 0.6 is 0 Å². The third kappa shape index (κ3) is 8.76. The van der Waals surface area contributed by atoms with E-state index in [1.54, 1.807) is 12.1 Å². The minimum Gasteiger partial charge on any atom is -0.377 e. The van der Waals surface area contributed by atoms with Gasteiger partial charge in [0, 0.05) is 31.2 Å². The van der Waals surface area contributed by atoms with Crippen molar-refractivity contribution in [3.8, 4) is 0 Å². The van der Waals surface area contributed by atoms with Crippen LogP contribution in [0.4, 0.5) is 17.8 Å². The van der Waals surface area contributed by atoms with Gasteiger partial charge in [0.1, 0.15) is 0 Å². The number of amides is 1. The van der Waals surface area contributed by atoms with Crippen molar-refractivity contribution in [3.05, 3.63) is 35.9 Å². The molecule has 0 aliphatic heterocycles. The Morgan fingerprint density at radius 1 is 0.775 bits per heavy atom. The van der Waals surface area contributed by atoms with Crippen molar-refractivity contribution in [2.24, 2.45) is 17.8 Å². The summed E-state index contributed by atoms with van der Waals surface area (Å²) in [5.74, 6) is 4.08. The number of hydrogen-bond donors (Lipinski definition) is 4. The summed E-state index contributed by atoms with van der Waals surface area (Å²) >= 11 is 0. The minimum atomic E-state index is -0.0916. The predicted octanol–water partition coefficient (Wildman–Crippen LogP) is 4.34. The summed E-state index contributed by atoms with van der Waals surface area (Å²) in [5, 5.41) is 13.3. The lowest BCUT2D eigenvalue weighted by Gasteiger charge is -2.24. The van der Waals surface area contributed by atoms with E-state index < -0.39 is 0 Å². The number of anilines is 3. The Balaban J connectivity index is 1.00. The molecule has 0 spiro atoms. The highest BCUT2D eigenvalue weighted by Crippen LogP contribution is 2.45. The summed E-state index contributed by atoms with van der Waals surface area (Å²) in [4.78, 5) is 26.1. The van der Waals surface area contributed by atoms with E-state index in [0.717, 1.165) is 18.4 Å². The molecule has 2 bridgehead atoms. The maximum atomic E-state index is 12.0. The van der Waals surface area contributed by atoms with E-state index in [9.17, 15) is 4.79 Å². The van der Waals surface area contributed by atoms with E-state index in [0.29, 0.717) is 74.9 Å². The summed E-state index contributed by atoms with van der Waals surface area (Å²) < 4.78 is 11.3. The molecule has 3 atom stereocenters. The monoisotopic (exact) mass is 551 g/mol. The van der Waals surface area contributed by atoms with E-state index in [-0.39, 0.29) is 5.91 Å². The van der Waals surface area contributed by atoms with Gasteiger partial charge in [-0.15, -0.1) is 0 Å². The molecule has 3 unspecified atom stereocenters.